The molecule has 224 valence electrons. The Morgan fingerprint density at radius 3 is 1.83 bits per heavy atom. The van der Waals surface area contributed by atoms with Crippen LogP contribution in [0.1, 0.15) is 131 Å². The number of benzene rings is 3. The molecule has 42 heavy (non-hydrogen) atoms. The van der Waals surface area contributed by atoms with Crippen molar-refractivity contribution >= 4 is 39.3 Å². The van der Waals surface area contributed by atoms with Gasteiger partial charge in [-0.15, -0.1) is 0 Å². The summed E-state index contributed by atoms with van der Waals surface area (Å²) in [6.07, 6.45) is 15.3. The molecule has 2 aliphatic rings. The number of ether oxygens (including phenoxy) is 1. The van der Waals surface area contributed by atoms with Gasteiger partial charge in [-0.25, -0.2) is 0 Å². The lowest BCUT2D eigenvalue weighted by molar-refractivity contribution is -0.158. The summed E-state index contributed by atoms with van der Waals surface area (Å²) in [7, 11) is 0. The number of imide groups is 1. The van der Waals surface area contributed by atoms with E-state index in [0.29, 0.717) is 24.0 Å². The van der Waals surface area contributed by atoms with Crippen molar-refractivity contribution < 1.29 is 19.1 Å². The van der Waals surface area contributed by atoms with Crippen molar-refractivity contribution in [2.45, 2.75) is 122 Å². The predicted molar refractivity (Wildman–Crippen MR) is 170 cm³/mol. The number of fused-ring (bicyclic) bond motifs is 3. The third-order valence-electron chi connectivity index (χ3n) is 9.40. The Hall–Kier alpha value is -3.21. The van der Waals surface area contributed by atoms with Gasteiger partial charge in [-0.05, 0) is 84.3 Å². The quantitative estimate of drug-likeness (QED) is 0.0839. The molecule has 0 aromatic heterocycles. The van der Waals surface area contributed by atoms with Crippen molar-refractivity contribution in [3.63, 3.8) is 0 Å². The summed E-state index contributed by atoms with van der Waals surface area (Å²) in [5.41, 5.74) is 0.891. The first kappa shape index (κ1) is 30.3. The van der Waals surface area contributed by atoms with Gasteiger partial charge in [0.05, 0.1) is 23.1 Å². The van der Waals surface area contributed by atoms with Crippen LogP contribution in [-0.2, 0) is 9.53 Å². The van der Waals surface area contributed by atoms with Gasteiger partial charge in [-0.3, -0.25) is 19.3 Å². The number of carbonyl (C=O) groups is 3. The fraction of sp³-hybridized carbons (Fsp3) is 0.541. The minimum absolute atomic E-state index is 0.0832. The second kappa shape index (κ2) is 14.3. The minimum Gasteiger partial charge on any atom is -0.462 e. The zero-order chi connectivity index (χ0) is 29.5. The van der Waals surface area contributed by atoms with Crippen LogP contribution in [0, 0.1) is 5.92 Å². The molecule has 1 fully saturated rings. The van der Waals surface area contributed by atoms with E-state index < -0.39 is 12.0 Å². The SMILES string of the molecule is CCCCCCC[C@@H](CCCCCC)OC(=O)[C@@H]1CCCC[C@H]1N1C(=O)c2cc3cc4ccccc4cc3cc2C1=O. The first-order valence-corrected chi connectivity index (χ1v) is 16.6. The van der Waals surface area contributed by atoms with E-state index in [1.165, 1.54) is 43.4 Å². The summed E-state index contributed by atoms with van der Waals surface area (Å²) < 4.78 is 6.23. The Bertz CT molecular complexity index is 1340. The highest BCUT2D eigenvalue weighted by molar-refractivity contribution is 6.23. The maximum absolute atomic E-state index is 13.8. The van der Waals surface area contributed by atoms with Gasteiger partial charge in [-0.1, -0.05) is 95.9 Å². The molecular formula is C37H47NO4. The number of unbranched alkanes of at least 4 members (excludes halogenated alkanes) is 7. The highest BCUT2D eigenvalue weighted by Gasteiger charge is 2.46. The maximum atomic E-state index is 13.8. The van der Waals surface area contributed by atoms with Gasteiger partial charge in [0.15, 0.2) is 0 Å². The number of carbonyl (C=O) groups excluding carboxylic acids is 3. The van der Waals surface area contributed by atoms with E-state index in [-0.39, 0.29) is 23.9 Å². The second-order valence-electron chi connectivity index (χ2n) is 12.5. The van der Waals surface area contributed by atoms with Gasteiger partial charge in [0.2, 0.25) is 0 Å². The van der Waals surface area contributed by atoms with E-state index in [1.807, 2.05) is 24.3 Å². The number of hydrogen-bond donors (Lipinski definition) is 0. The van der Waals surface area contributed by atoms with Crippen molar-refractivity contribution in [2.75, 3.05) is 0 Å². The van der Waals surface area contributed by atoms with Crippen LogP contribution in [0.2, 0.25) is 0 Å². The highest BCUT2D eigenvalue weighted by Crippen LogP contribution is 2.37. The fourth-order valence-electron chi connectivity index (χ4n) is 6.98. The van der Waals surface area contributed by atoms with Crippen molar-refractivity contribution in [2.24, 2.45) is 5.92 Å². The van der Waals surface area contributed by atoms with Crippen molar-refractivity contribution in [1.82, 2.24) is 4.90 Å². The third-order valence-corrected chi connectivity index (χ3v) is 9.40. The molecule has 0 radical (unpaired) electrons. The van der Waals surface area contributed by atoms with Crippen LogP contribution in [0.3, 0.4) is 0 Å². The molecule has 1 aliphatic heterocycles. The molecule has 3 atom stereocenters. The molecule has 0 saturated heterocycles. The van der Waals surface area contributed by atoms with Crippen LogP contribution >= 0.6 is 0 Å². The van der Waals surface area contributed by atoms with Gasteiger partial charge in [0.25, 0.3) is 11.8 Å². The van der Waals surface area contributed by atoms with E-state index in [9.17, 15) is 14.4 Å². The molecule has 3 aromatic rings. The lowest BCUT2D eigenvalue weighted by atomic mass is 9.83. The number of rotatable bonds is 14. The van der Waals surface area contributed by atoms with Crippen molar-refractivity contribution in [3.05, 3.63) is 59.7 Å². The lowest BCUT2D eigenvalue weighted by Gasteiger charge is -2.36. The van der Waals surface area contributed by atoms with E-state index in [4.69, 9.17) is 4.74 Å². The Morgan fingerprint density at radius 2 is 1.26 bits per heavy atom. The Morgan fingerprint density at radius 1 is 0.738 bits per heavy atom. The standard InChI is InChI=1S/C37H47NO4/c1-3-5-7-9-11-19-30(18-10-8-6-4-2)42-37(41)31-20-14-15-21-34(31)38-35(39)32-24-28-22-26-16-12-13-17-27(26)23-29(28)25-33(32)36(38)40/h12-13,16-17,22-25,30-31,34H,3-11,14-15,18-21H2,1-2H3/t30-,31-,34-/m1/s1. The fourth-order valence-corrected chi connectivity index (χ4v) is 6.98. The molecule has 1 heterocycles. The third kappa shape index (κ3) is 6.71. The lowest BCUT2D eigenvalue weighted by Crippen LogP contribution is -2.49. The summed E-state index contributed by atoms with van der Waals surface area (Å²) in [6, 6.07) is 15.5. The highest BCUT2D eigenvalue weighted by atomic mass is 16.5. The zero-order valence-electron chi connectivity index (χ0n) is 25.5. The average Bonchev–Trinajstić information content (AvgIpc) is 3.24. The van der Waals surface area contributed by atoms with Crippen LogP contribution in [0.15, 0.2) is 48.5 Å². The second-order valence-corrected chi connectivity index (χ2v) is 12.5. The molecule has 0 N–H and O–H groups in total. The molecule has 1 aliphatic carbocycles. The van der Waals surface area contributed by atoms with Crippen LogP contribution < -0.4 is 0 Å². The normalized spacial score (nSPS) is 19.4. The van der Waals surface area contributed by atoms with Gasteiger partial charge >= 0.3 is 5.97 Å². The summed E-state index contributed by atoms with van der Waals surface area (Å²) >= 11 is 0. The molecule has 0 spiro atoms. The van der Waals surface area contributed by atoms with Gasteiger partial charge < -0.3 is 4.74 Å². The Balaban J connectivity index is 1.33. The summed E-state index contributed by atoms with van der Waals surface area (Å²) in [5.74, 6) is -1.23. The van der Waals surface area contributed by atoms with Crippen LogP contribution in [0.4, 0.5) is 0 Å². The number of nitrogens with zero attached hydrogens (tertiary/aromatic N) is 1. The molecular weight excluding hydrogens is 522 g/mol. The molecule has 5 nitrogen and oxygen atoms in total. The summed E-state index contributed by atoms with van der Waals surface area (Å²) in [4.78, 5) is 42.7. The van der Waals surface area contributed by atoms with Gasteiger partial charge in [0, 0.05) is 0 Å². The number of amides is 2. The smallest absolute Gasteiger partial charge is 0.311 e. The molecule has 1 saturated carbocycles. The van der Waals surface area contributed by atoms with Crippen molar-refractivity contribution in [1.29, 1.82) is 0 Å². The topological polar surface area (TPSA) is 63.7 Å². The molecule has 5 heteroatoms. The first-order chi connectivity index (χ1) is 20.5. The Kier molecular flexibility index (Phi) is 10.3. The molecule has 2 amide bonds. The van der Waals surface area contributed by atoms with Crippen LogP contribution in [-0.4, -0.2) is 34.8 Å². The molecule has 0 bridgehead atoms. The van der Waals surface area contributed by atoms with Crippen LogP contribution in [0.25, 0.3) is 21.5 Å². The Labute approximate surface area is 251 Å². The summed E-state index contributed by atoms with van der Waals surface area (Å²) in [6.45, 7) is 4.43. The average molecular weight is 570 g/mol. The first-order valence-electron chi connectivity index (χ1n) is 16.6. The molecule has 3 aromatic carbocycles. The monoisotopic (exact) mass is 569 g/mol. The predicted octanol–water partition coefficient (Wildman–Crippen LogP) is 9.39. The van der Waals surface area contributed by atoms with Gasteiger partial charge in [-0.2, -0.15) is 0 Å². The van der Waals surface area contributed by atoms with E-state index in [0.717, 1.165) is 66.5 Å². The zero-order valence-corrected chi connectivity index (χ0v) is 25.5. The van der Waals surface area contributed by atoms with Crippen LogP contribution in [0.5, 0.6) is 0 Å². The molecule has 0 unspecified atom stereocenters. The van der Waals surface area contributed by atoms with Crippen molar-refractivity contribution in [3.8, 4) is 0 Å². The minimum atomic E-state index is -0.462. The van der Waals surface area contributed by atoms with E-state index in [2.05, 4.69) is 38.1 Å². The summed E-state index contributed by atoms with van der Waals surface area (Å²) in [5, 5.41) is 4.09. The van der Waals surface area contributed by atoms with Gasteiger partial charge in [0.1, 0.15) is 6.10 Å². The van der Waals surface area contributed by atoms with E-state index in [1.54, 1.807) is 0 Å². The number of hydrogen-bond acceptors (Lipinski definition) is 4. The maximum Gasteiger partial charge on any atom is 0.311 e. The molecule has 5 rings (SSSR count). The van der Waals surface area contributed by atoms with E-state index >= 15 is 0 Å². The number of esters is 1. The largest absolute Gasteiger partial charge is 0.462 e.